The van der Waals surface area contributed by atoms with E-state index >= 15 is 0 Å². The molecule has 0 atom stereocenters. The molecule has 0 aliphatic carbocycles. The van der Waals surface area contributed by atoms with Gasteiger partial charge < -0.3 is 5.32 Å². The molecule has 10 heteroatoms. The quantitative estimate of drug-likeness (QED) is 0.194. The van der Waals surface area contributed by atoms with Gasteiger partial charge in [0.2, 0.25) is 0 Å². The number of nitriles is 1. The van der Waals surface area contributed by atoms with Crippen LogP contribution >= 0.6 is 23.4 Å². The first kappa shape index (κ1) is 21.0. The number of rotatable bonds is 6. The van der Waals surface area contributed by atoms with Gasteiger partial charge in [-0.1, -0.05) is 11.6 Å². The molecule has 1 heterocycles. The number of halogens is 1. The van der Waals surface area contributed by atoms with E-state index in [0.717, 1.165) is 11.8 Å². The molecule has 148 valence electrons. The predicted octanol–water partition coefficient (Wildman–Crippen LogP) is 4.74. The number of anilines is 1. The molecule has 30 heavy (non-hydrogen) atoms. The van der Waals surface area contributed by atoms with Crippen LogP contribution in [-0.4, -0.2) is 20.8 Å². The number of benzene rings is 2. The number of carbonyl (C=O) groups is 1. The molecule has 2 aromatic carbocycles. The average Bonchev–Trinajstić information content (AvgIpc) is 2.75. The summed E-state index contributed by atoms with van der Waals surface area (Å²) in [7, 11) is 0. The first-order valence-corrected chi connectivity index (χ1v) is 9.58. The third-order valence-corrected chi connectivity index (χ3v) is 4.95. The van der Waals surface area contributed by atoms with Crippen molar-refractivity contribution < 1.29 is 9.72 Å². The maximum Gasteiger partial charge on any atom is 0.270 e. The molecule has 1 amide bonds. The molecule has 0 spiro atoms. The maximum atomic E-state index is 12.5. The number of nitro benzene ring substituents is 1. The lowest BCUT2D eigenvalue weighted by Crippen LogP contribution is -2.13. The lowest BCUT2D eigenvalue weighted by Gasteiger charge is -2.07. The zero-order chi connectivity index (χ0) is 21.5. The molecule has 3 rings (SSSR count). The van der Waals surface area contributed by atoms with Gasteiger partial charge in [-0.15, -0.1) is 0 Å². The molecular formula is C20H12ClN5O3S. The van der Waals surface area contributed by atoms with Crippen LogP contribution in [0.15, 0.2) is 76.5 Å². The number of nitrogens with zero attached hydrogens (tertiary/aromatic N) is 4. The summed E-state index contributed by atoms with van der Waals surface area (Å²) in [5.74, 6) is -0.654. The molecule has 8 nitrogen and oxygen atoms in total. The van der Waals surface area contributed by atoms with Gasteiger partial charge in [-0.3, -0.25) is 14.9 Å². The van der Waals surface area contributed by atoms with Crippen LogP contribution < -0.4 is 5.32 Å². The standard InChI is InChI=1S/C20H12ClN5O3S/c21-15-2-4-16(5-3-15)25-19(27)14(12-22)10-13-11-17(26(28)29)6-7-18(13)30-20-23-8-1-9-24-20/h1-11H,(H,25,27)/b14-10+. The zero-order valence-electron chi connectivity index (χ0n) is 15.2. The SMILES string of the molecule is N#C/C(=C\c1cc([N+](=O)[O-])ccc1Sc1ncccn1)C(=O)Nc1ccc(Cl)cc1. The minimum atomic E-state index is -0.654. The van der Waals surface area contributed by atoms with Crippen molar-refractivity contribution in [2.24, 2.45) is 0 Å². The van der Waals surface area contributed by atoms with Crippen LogP contribution in [0.5, 0.6) is 0 Å². The third-order valence-electron chi connectivity index (χ3n) is 3.71. The molecule has 0 unspecified atom stereocenters. The number of hydrogen-bond acceptors (Lipinski definition) is 7. The highest BCUT2D eigenvalue weighted by Gasteiger charge is 2.15. The van der Waals surface area contributed by atoms with Crippen LogP contribution in [0.25, 0.3) is 6.08 Å². The highest BCUT2D eigenvalue weighted by molar-refractivity contribution is 7.99. The lowest BCUT2D eigenvalue weighted by molar-refractivity contribution is -0.384. The molecule has 0 aliphatic heterocycles. The summed E-state index contributed by atoms with van der Waals surface area (Å²) in [5.41, 5.74) is 0.387. The molecule has 0 saturated carbocycles. The first-order valence-electron chi connectivity index (χ1n) is 8.38. The number of hydrogen-bond donors (Lipinski definition) is 1. The first-order chi connectivity index (χ1) is 14.5. The lowest BCUT2D eigenvalue weighted by atomic mass is 10.1. The van der Waals surface area contributed by atoms with Crippen molar-refractivity contribution in [2.45, 2.75) is 10.1 Å². The van der Waals surface area contributed by atoms with Crippen molar-refractivity contribution in [3.05, 3.63) is 87.2 Å². The Bertz CT molecular complexity index is 1160. The Morgan fingerprint density at radius 3 is 2.53 bits per heavy atom. The Balaban J connectivity index is 1.95. The normalized spacial score (nSPS) is 10.9. The van der Waals surface area contributed by atoms with Crippen LogP contribution in [-0.2, 0) is 4.79 Å². The minimum absolute atomic E-state index is 0.171. The van der Waals surface area contributed by atoms with Crippen molar-refractivity contribution in [1.82, 2.24) is 9.97 Å². The third kappa shape index (κ3) is 5.41. The molecule has 0 bridgehead atoms. The van der Waals surface area contributed by atoms with Gasteiger partial charge in [0.1, 0.15) is 11.6 Å². The van der Waals surface area contributed by atoms with Crippen molar-refractivity contribution >= 4 is 46.7 Å². The summed E-state index contributed by atoms with van der Waals surface area (Å²) in [5, 5.41) is 24.2. The van der Waals surface area contributed by atoms with E-state index in [0.29, 0.717) is 26.3 Å². The molecule has 3 aromatic rings. The molecule has 0 radical (unpaired) electrons. The van der Waals surface area contributed by atoms with Gasteiger partial charge in [0.05, 0.1) is 4.92 Å². The molecule has 1 N–H and O–H groups in total. The number of amides is 1. The minimum Gasteiger partial charge on any atom is -0.321 e. The van der Waals surface area contributed by atoms with Gasteiger partial charge >= 0.3 is 0 Å². The van der Waals surface area contributed by atoms with E-state index in [1.165, 1.54) is 24.3 Å². The molecule has 0 fully saturated rings. The summed E-state index contributed by atoms with van der Waals surface area (Å²) in [6, 6.07) is 14.0. The Morgan fingerprint density at radius 1 is 1.20 bits per heavy atom. The van der Waals surface area contributed by atoms with E-state index in [2.05, 4.69) is 15.3 Å². The van der Waals surface area contributed by atoms with E-state index < -0.39 is 10.8 Å². The largest absolute Gasteiger partial charge is 0.321 e. The highest BCUT2D eigenvalue weighted by Crippen LogP contribution is 2.32. The Hall–Kier alpha value is -3.74. The van der Waals surface area contributed by atoms with E-state index in [4.69, 9.17) is 11.6 Å². The fraction of sp³-hybridized carbons (Fsp3) is 0. The second-order valence-corrected chi connectivity index (χ2v) is 7.19. The van der Waals surface area contributed by atoms with Crippen molar-refractivity contribution in [2.75, 3.05) is 5.32 Å². The van der Waals surface area contributed by atoms with Crippen molar-refractivity contribution in [3.63, 3.8) is 0 Å². The number of nitro groups is 1. The maximum absolute atomic E-state index is 12.5. The summed E-state index contributed by atoms with van der Waals surface area (Å²) >= 11 is 6.98. The van der Waals surface area contributed by atoms with Gasteiger partial charge in [0, 0.05) is 40.1 Å². The number of carbonyl (C=O) groups excluding carboxylic acids is 1. The molecule has 1 aromatic heterocycles. The topological polar surface area (TPSA) is 122 Å². The zero-order valence-corrected chi connectivity index (χ0v) is 16.7. The summed E-state index contributed by atoms with van der Waals surface area (Å²) in [6.07, 6.45) is 4.43. The van der Waals surface area contributed by atoms with Gasteiger partial charge in [0.15, 0.2) is 5.16 Å². The highest BCUT2D eigenvalue weighted by atomic mass is 35.5. The van der Waals surface area contributed by atoms with Crippen LogP contribution in [0, 0.1) is 21.4 Å². The fourth-order valence-corrected chi connectivity index (χ4v) is 3.25. The Labute approximate surface area is 180 Å². The van der Waals surface area contributed by atoms with Crippen LogP contribution in [0.4, 0.5) is 11.4 Å². The Kier molecular flexibility index (Phi) is 6.75. The van der Waals surface area contributed by atoms with Crippen molar-refractivity contribution in [1.29, 1.82) is 5.26 Å². The monoisotopic (exact) mass is 437 g/mol. The summed E-state index contributed by atoms with van der Waals surface area (Å²) in [6.45, 7) is 0. The smallest absolute Gasteiger partial charge is 0.270 e. The summed E-state index contributed by atoms with van der Waals surface area (Å²) in [4.78, 5) is 31.9. The second kappa shape index (κ2) is 9.65. The van der Waals surface area contributed by atoms with E-state index in [1.54, 1.807) is 42.7 Å². The molecular weight excluding hydrogens is 426 g/mol. The molecule has 0 saturated heterocycles. The summed E-state index contributed by atoms with van der Waals surface area (Å²) < 4.78 is 0. The van der Waals surface area contributed by atoms with Gasteiger partial charge in [-0.05, 0) is 59.8 Å². The number of nitrogens with one attached hydrogen (secondary N) is 1. The van der Waals surface area contributed by atoms with Gasteiger partial charge in [-0.25, -0.2) is 9.97 Å². The van der Waals surface area contributed by atoms with Crippen LogP contribution in [0.1, 0.15) is 5.56 Å². The van der Waals surface area contributed by atoms with Crippen LogP contribution in [0.2, 0.25) is 5.02 Å². The van der Waals surface area contributed by atoms with E-state index in [1.807, 2.05) is 6.07 Å². The fourth-order valence-electron chi connectivity index (χ4n) is 2.33. The molecule has 0 aliphatic rings. The number of non-ortho nitro benzene ring substituents is 1. The van der Waals surface area contributed by atoms with Gasteiger partial charge in [0.25, 0.3) is 11.6 Å². The van der Waals surface area contributed by atoms with Crippen molar-refractivity contribution in [3.8, 4) is 6.07 Å². The second-order valence-electron chi connectivity index (χ2n) is 5.74. The van der Waals surface area contributed by atoms with Gasteiger partial charge in [-0.2, -0.15) is 5.26 Å². The van der Waals surface area contributed by atoms with E-state index in [-0.39, 0.29) is 11.3 Å². The number of aromatic nitrogens is 2. The van der Waals surface area contributed by atoms with Crippen LogP contribution in [0.3, 0.4) is 0 Å². The van der Waals surface area contributed by atoms with E-state index in [9.17, 15) is 20.2 Å². The average molecular weight is 438 g/mol. The Morgan fingerprint density at radius 2 is 1.90 bits per heavy atom. The predicted molar refractivity (Wildman–Crippen MR) is 113 cm³/mol.